The Hall–Kier alpha value is -2.44. The molecule has 106 valence electrons. The van der Waals surface area contributed by atoms with Crippen LogP contribution >= 0.6 is 0 Å². The van der Waals surface area contributed by atoms with Crippen LogP contribution in [0, 0.1) is 0 Å². The molecule has 1 amide bonds. The summed E-state index contributed by atoms with van der Waals surface area (Å²) in [5.41, 5.74) is 5.04. The highest BCUT2D eigenvalue weighted by Gasteiger charge is 2.19. The summed E-state index contributed by atoms with van der Waals surface area (Å²) in [4.78, 5) is 11.3. The van der Waals surface area contributed by atoms with Gasteiger partial charge >= 0.3 is 0 Å². The molecule has 5 nitrogen and oxygen atoms in total. The number of nitrogens with two attached hydrogens (primary N) is 1. The minimum absolute atomic E-state index is 0.0266. The third-order valence-corrected chi connectivity index (χ3v) is 2.77. The number of rotatable bonds is 5. The third kappa shape index (κ3) is 2.93. The first-order valence-electron chi connectivity index (χ1n) is 5.81. The van der Waals surface area contributed by atoms with Gasteiger partial charge in [0.1, 0.15) is 6.61 Å². The van der Waals surface area contributed by atoms with Crippen molar-refractivity contribution >= 4 is 5.91 Å². The van der Waals surface area contributed by atoms with E-state index in [1.165, 1.54) is 22.9 Å². The molecule has 1 aromatic heterocycles. The molecule has 0 aliphatic heterocycles. The maximum atomic E-state index is 13.0. The zero-order valence-electron chi connectivity index (χ0n) is 10.7. The third-order valence-electron chi connectivity index (χ3n) is 2.77. The quantitative estimate of drug-likeness (QED) is 0.911. The first-order valence-corrected chi connectivity index (χ1v) is 5.81. The second-order valence-electron chi connectivity index (χ2n) is 4.15. The van der Waals surface area contributed by atoms with Crippen molar-refractivity contribution in [3.63, 3.8) is 0 Å². The normalized spacial score (nSPS) is 10.8. The van der Waals surface area contributed by atoms with Crippen LogP contribution in [0.4, 0.5) is 8.78 Å². The first kappa shape index (κ1) is 14.0. The van der Waals surface area contributed by atoms with Crippen molar-refractivity contribution in [3.05, 3.63) is 47.2 Å². The summed E-state index contributed by atoms with van der Waals surface area (Å²) in [6.07, 6.45) is -1.06. The molecule has 1 aromatic carbocycles. The van der Waals surface area contributed by atoms with E-state index in [0.29, 0.717) is 0 Å². The number of nitrogens with zero attached hydrogens (tertiary/aromatic N) is 2. The van der Waals surface area contributed by atoms with Gasteiger partial charge in [-0.1, -0.05) is 12.1 Å². The SMILES string of the molecule is Cn1ccc(OCc2c(C(N)=O)cccc2C(F)F)n1. The van der Waals surface area contributed by atoms with Gasteiger partial charge in [0, 0.05) is 36.0 Å². The standard InChI is InChI=1S/C13H13F2N3O2/c1-18-6-5-11(17-18)20-7-10-8(12(14)15)3-2-4-9(10)13(16)19/h2-6,12H,7H2,1H3,(H2,16,19). The number of hydrogen-bond donors (Lipinski definition) is 1. The van der Waals surface area contributed by atoms with Gasteiger partial charge in [0.15, 0.2) is 0 Å². The first-order chi connectivity index (χ1) is 9.49. The topological polar surface area (TPSA) is 70.1 Å². The lowest BCUT2D eigenvalue weighted by atomic mass is 10.0. The number of halogens is 2. The van der Waals surface area contributed by atoms with Gasteiger partial charge in [-0.2, -0.15) is 0 Å². The van der Waals surface area contributed by atoms with Crippen molar-refractivity contribution in [2.75, 3.05) is 0 Å². The average Bonchev–Trinajstić information content (AvgIpc) is 2.81. The molecule has 0 saturated heterocycles. The second kappa shape index (κ2) is 5.68. The summed E-state index contributed by atoms with van der Waals surface area (Å²) < 4.78 is 32.8. The minimum Gasteiger partial charge on any atom is -0.472 e. The Balaban J connectivity index is 2.30. The Bertz CT molecular complexity index is 626. The lowest BCUT2D eigenvalue weighted by Crippen LogP contribution is -2.16. The molecular formula is C13H13F2N3O2. The van der Waals surface area contributed by atoms with Crippen LogP contribution in [-0.2, 0) is 13.7 Å². The molecule has 20 heavy (non-hydrogen) atoms. The highest BCUT2D eigenvalue weighted by atomic mass is 19.3. The number of alkyl halides is 2. The van der Waals surface area contributed by atoms with Crippen LogP contribution in [0.2, 0.25) is 0 Å². The molecule has 1 heterocycles. The molecule has 0 unspecified atom stereocenters. The molecule has 0 atom stereocenters. The maximum absolute atomic E-state index is 13.0. The summed E-state index contributed by atoms with van der Waals surface area (Å²) >= 11 is 0. The fraction of sp³-hybridized carbons (Fsp3) is 0.231. The number of primary amides is 1. The van der Waals surface area contributed by atoms with Crippen molar-refractivity contribution in [2.24, 2.45) is 12.8 Å². The van der Waals surface area contributed by atoms with E-state index in [1.807, 2.05) is 0 Å². The van der Waals surface area contributed by atoms with Gasteiger partial charge in [0.2, 0.25) is 11.8 Å². The van der Waals surface area contributed by atoms with Crippen molar-refractivity contribution in [3.8, 4) is 5.88 Å². The largest absolute Gasteiger partial charge is 0.472 e. The average molecular weight is 281 g/mol. The summed E-state index contributed by atoms with van der Waals surface area (Å²) in [7, 11) is 1.70. The number of benzene rings is 1. The van der Waals surface area contributed by atoms with E-state index in [1.54, 1.807) is 19.3 Å². The fourth-order valence-electron chi connectivity index (χ4n) is 1.82. The number of aryl methyl sites for hydroxylation is 1. The van der Waals surface area contributed by atoms with E-state index in [9.17, 15) is 13.6 Å². The van der Waals surface area contributed by atoms with Crippen LogP contribution in [0.3, 0.4) is 0 Å². The zero-order chi connectivity index (χ0) is 14.7. The lowest BCUT2D eigenvalue weighted by Gasteiger charge is -2.12. The van der Waals surface area contributed by atoms with E-state index in [2.05, 4.69) is 5.10 Å². The molecule has 0 bridgehead atoms. The van der Waals surface area contributed by atoms with Crippen molar-refractivity contribution in [2.45, 2.75) is 13.0 Å². The van der Waals surface area contributed by atoms with Gasteiger partial charge in [-0.15, -0.1) is 5.10 Å². The lowest BCUT2D eigenvalue weighted by molar-refractivity contribution is 0.0996. The molecule has 2 N–H and O–H groups in total. The number of carbonyl (C=O) groups excluding carboxylic acids is 1. The molecule has 7 heteroatoms. The smallest absolute Gasteiger partial charge is 0.264 e. The van der Waals surface area contributed by atoms with Crippen LogP contribution in [0.25, 0.3) is 0 Å². The van der Waals surface area contributed by atoms with Crippen molar-refractivity contribution in [1.82, 2.24) is 9.78 Å². The Labute approximate surface area is 114 Å². The van der Waals surface area contributed by atoms with Crippen molar-refractivity contribution in [1.29, 1.82) is 0 Å². The summed E-state index contributed by atoms with van der Waals surface area (Å²) in [5.74, 6) is -0.487. The highest BCUT2D eigenvalue weighted by Crippen LogP contribution is 2.26. The minimum atomic E-state index is -2.71. The van der Waals surface area contributed by atoms with E-state index >= 15 is 0 Å². The van der Waals surface area contributed by atoms with E-state index in [0.717, 1.165) is 0 Å². The molecule has 0 aliphatic carbocycles. The Morgan fingerprint density at radius 3 is 2.75 bits per heavy atom. The fourth-order valence-corrected chi connectivity index (χ4v) is 1.82. The van der Waals surface area contributed by atoms with Gasteiger partial charge in [0.05, 0.1) is 0 Å². The summed E-state index contributed by atoms with van der Waals surface area (Å²) in [5, 5.41) is 3.97. The van der Waals surface area contributed by atoms with Gasteiger partial charge in [-0.05, 0) is 6.07 Å². The Morgan fingerprint density at radius 1 is 1.45 bits per heavy atom. The van der Waals surface area contributed by atoms with Crippen LogP contribution < -0.4 is 10.5 Å². The van der Waals surface area contributed by atoms with Crippen LogP contribution in [0.15, 0.2) is 30.5 Å². The van der Waals surface area contributed by atoms with Crippen LogP contribution in [0.1, 0.15) is 27.9 Å². The predicted molar refractivity (Wildman–Crippen MR) is 67.5 cm³/mol. The number of aromatic nitrogens is 2. The van der Waals surface area contributed by atoms with Gasteiger partial charge in [0.25, 0.3) is 6.43 Å². The molecule has 0 radical (unpaired) electrons. The number of hydrogen-bond acceptors (Lipinski definition) is 3. The van der Waals surface area contributed by atoms with Crippen LogP contribution in [0.5, 0.6) is 5.88 Å². The maximum Gasteiger partial charge on any atom is 0.264 e. The monoisotopic (exact) mass is 281 g/mol. The highest BCUT2D eigenvalue weighted by molar-refractivity contribution is 5.94. The molecule has 0 fully saturated rings. The number of amides is 1. The molecule has 0 aliphatic rings. The Morgan fingerprint density at radius 2 is 2.20 bits per heavy atom. The van der Waals surface area contributed by atoms with Gasteiger partial charge in [-0.3, -0.25) is 9.48 Å². The predicted octanol–water partition coefficient (Wildman–Crippen LogP) is 2.04. The summed E-state index contributed by atoms with van der Waals surface area (Å²) in [6.45, 7) is -0.199. The van der Waals surface area contributed by atoms with Gasteiger partial charge < -0.3 is 10.5 Å². The van der Waals surface area contributed by atoms with E-state index in [-0.39, 0.29) is 29.2 Å². The van der Waals surface area contributed by atoms with Crippen molar-refractivity contribution < 1.29 is 18.3 Å². The second-order valence-corrected chi connectivity index (χ2v) is 4.15. The van der Waals surface area contributed by atoms with Crippen LogP contribution in [-0.4, -0.2) is 15.7 Å². The molecule has 2 aromatic rings. The molecule has 2 rings (SSSR count). The number of ether oxygens (including phenoxy) is 1. The zero-order valence-corrected chi connectivity index (χ0v) is 10.7. The van der Waals surface area contributed by atoms with E-state index < -0.39 is 12.3 Å². The Kier molecular flexibility index (Phi) is 3.97. The molecular weight excluding hydrogens is 268 g/mol. The molecule has 0 spiro atoms. The number of carbonyl (C=O) groups is 1. The van der Waals surface area contributed by atoms with Gasteiger partial charge in [-0.25, -0.2) is 8.78 Å². The molecule has 0 saturated carbocycles. The summed E-state index contributed by atoms with van der Waals surface area (Å²) in [6, 6.07) is 5.60. The van der Waals surface area contributed by atoms with E-state index in [4.69, 9.17) is 10.5 Å².